The van der Waals surface area contributed by atoms with Crippen molar-refractivity contribution < 1.29 is 14.6 Å². The van der Waals surface area contributed by atoms with Crippen LogP contribution in [0.5, 0.6) is 11.5 Å². The van der Waals surface area contributed by atoms with Crippen molar-refractivity contribution >= 4 is 0 Å². The highest BCUT2D eigenvalue weighted by Crippen LogP contribution is 2.21. The van der Waals surface area contributed by atoms with E-state index >= 15 is 0 Å². The van der Waals surface area contributed by atoms with Crippen LogP contribution in [0, 0.1) is 5.92 Å². The molecule has 0 bridgehead atoms. The van der Waals surface area contributed by atoms with Gasteiger partial charge < -0.3 is 14.6 Å². The fourth-order valence-corrected chi connectivity index (χ4v) is 1.62. The van der Waals surface area contributed by atoms with Gasteiger partial charge in [-0.05, 0) is 18.1 Å². The Labute approximate surface area is 110 Å². The summed E-state index contributed by atoms with van der Waals surface area (Å²) in [5.41, 5.74) is 0. The van der Waals surface area contributed by atoms with Gasteiger partial charge >= 0.3 is 0 Å². The molecule has 1 N–H and O–H groups in total. The number of aliphatic hydroxyl groups excluding tert-OH is 1. The predicted molar refractivity (Wildman–Crippen MR) is 72.9 cm³/mol. The zero-order valence-electron chi connectivity index (χ0n) is 11.6. The minimum atomic E-state index is -0.751. The van der Waals surface area contributed by atoms with Crippen molar-refractivity contribution in [1.82, 2.24) is 0 Å². The molecule has 0 fully saturated rings. The molecule has 3 heteroatoms. The lowest BCUT2D eigenvalue weighted by atomic mass is 10.1. The van der Waals surface area contributed by atoms with E-state index in [4.69, 9.17) is 9.47 Å². The highest BCUT2D eigenvalue weighted by Gasteiger charge is 2.06. The first-order valence-electron chi connectivity index (χ1n) is 6.77. The predicted octanol–water partition coefficient (Wildman–Crippen LogP) is 3.61. The van der Waals surface area contributed by atoms with Gasteiger partial charge in [0.25, 0.3) is 0 Å². The molecule has 102 valence electrons. The van der Waals surface area contributed by atoms with Gasteiger partial charge in [-0.2, -0.15) is 0 Å². The highest BCUT2D eigenvalue weighted by atomic mass is 16.6. The van der Waals surface area contributed by atoms with Crippen LogP contribution in [0.4, 0.5) is 0 Å². The van der Waals surface area contributed by atoms with Gasteiger partial charge in [-0.1, -0.05) is 39.7 Å². The van der Waals surface area contributed by atoms with Gasteiger partial charge in [0.2, 0.25) is 0 Å². The number of hydrogen-bond donors (Lipinski definition) is 1. The molecule has 18 heavy (non-hydrogen) atoms. The maximum atomic E-state index is 9.43. The zero-order valence-corrected chi connectivity index (χ0v) is 11.6. The Hall–Kier alpha value is -1.22. The topological polar surface area (TPSA) is 38.7 Å². The van der Waals surface area contributed by atoms with E-state index in [2.05, 4.69) is 13.8 Å². The summed E-state index contributed by atoms with van der Waals surface area (Å²) < 4.78 is 11.1. The minimum Gasteiger partial charge on any atom is -0.493 e. The van der Waals surface area contributed by atoms with Crippen molar-refractivity contribution in [2.75, 3.05) is 6.61 Å². The highest BCUT2D eigenvalue weighted by molar-refractivity contribution is 5.32. The molecule has 0 spiro atoms. The Morgan fingerprint density at radius 3 is 2.33 bits per heavy atom. The monoisotopic (exact) mass is 252 g/mol. The lowest BCUT2D eigenvalue weighted by Gasteiger charge is -2.15. The normalized spacial score (nSPS) is 12.5. The third-order valence-corrected chi connectivity index (χ3v) is 3.07. The van der Waals surface area contributed by atoms with E-state index in [1.807, 2.05) is 31.2 Å². The average Bonchev–Trinajstić information content (AvgIpc) is 2.40. The Balaban J connectivity index is 2.53. The summed E-state index contributed by atoms with van der Waals surface area (Å²) in [6.45, 7) is 6.95. The number of ether oxygens (including phenoxy) is 2. The Morgan fingerprint density at radius 1 is 1.06 bits per heavy atom. The van der Waals surface area contributed by atoms with Gasteiger partial charge in [0, 0.05) is 12.5 Å². The van der Waals surface area contributed by atoms with Crippen LogP contribution in [0.3, 0.4) is 0 Å². The third kappa shape index (κ3) is 4.96. The zero-order chi connectivity index (χ0) is 13.4. The van der Waals surface area contributed by atoms with Crippen LogP contribution >= 0.6 is 0 Å². The molecule has 1 atom stereocenters. The summed E-state index contributed by atoms with van der Waals surface area (Å²) in [7, 11) is 0. The Kier molecular flexibility index (Phi) is 6.58. The van der Waals surface area contributed by atoms with Gasteiger partial charge in [0.15, 0.2) is 6.29 Å². The van der Waals surface area contributed by atoms with Gasteiger partial charge in [-0.15, -0.1) is 0 Å². The maximum absolute atomic E-state index is 9.43. The van der Waals surface area contributed by atoms with Gasteiger partial charge in [-0.25, -0.2) is 0 Å². The molecule has 0 aliphatic heterocycles. The fourth-order valence-electron chi connectivity index (χ4n) is 1.62. The summed E-state index contributed by atoms with van der Waals surface area (Å²) in [6.07, 6.45) is 2.07. The molecular weight excluding hydrogens is 228 g/mol. The summed E-state index contributed by atoms with van der Waals surface area (Å²) in [6, 6.07) is 7.43. The molecule has 0 radical (unpaired) electrons. The molecule has 0 amide bonds. The number of benzene rings is 1. The van der Waals surface area contributed by atoms with Crippen LogP contribution < -0.4 is 9.47 Å². The minimum absolute atomic E-state index is 0.568. The van der Waals surface area contributed by atoms with Crippen molar-refractivity contribution in [3.63, 3.8) is 0 Å². The van der Waals surface area contributed by atoms with Crippen molar-refractivity contribution in [2.24, 2.45) is 5.92 Å². The molecule has 3 nitrogen and oxygen atoms in total. The van der Waals surface area contributed by atoms with E-state index in [1.165, 1.54) is 0 Å². The van der Waals surface area contributed by atoms with E-state index < -0.39 is 6.29 Å². The lowest BCUT2D eigenvalue weighted by Crippen LogP contribution is -2.14. The van der Waals surface area contributed by atoms with Crippen LogP contribution in [0.25, 0.3) is 0 Å². The fraction of sp³-hybridized carbons (Fsp3) is 0.600. The van der Waals surface area contributed by atoms with Crippen LogP contribution in [0.15, 0.2) is 24.3 Å². The number of rotatable bonds is 8. The van der Waals surface area contributed by atoms with E-state index in [1.54, 1.807) is 0 Å². The number of hydrogen-bond acceptors (Lipinski definition) is 3. The second kappa shape index (κ2) is 7.98. The van der Waals surface area contributed by atoms with Crippen LogP contribution in [-0.2, 0) is 0 Å². The van der Waals surface area contributed by atoms with Gasteiger partial charge in [-0.3, -0.25) is 0 Å². The lowest BCUT2D eigenvalue weighted by molar-refractivity contribution is -0.0192. The molecule has 0 aliphatic rings. The standard InChI is InChI=1S/C15H24O3/c1-4-12(5-2)11-17-13-8-7-9-14(10-13)18-15(16)6-3/h7-10,12,15-16H,4-6,11H2,1-3H3/t15-/m0/s1. The van der Waals surface area contributed by atoms with Crippen LogP contribution in [0.2, 0.25) is 0 Å². The first kappa shape index (κ1) is 14.8. The summed E-state index contributed by atoms with van der Waals surface area (Å²) in [5, 5.41) is 9.43. The molecule has 0 aromatic heterocycles. The third-order valence-electron chi connectivity index (χ3n) is 3.07. The van der Waals surface area contributed by atoms with E-state index in [-0.39, 0.29) is 0 Å². The average molecular weight is 252 g/mol. The Morgan fingerprint density at radius 2 is 1.72 bits per heavy atom. The van der Waals surface area contributed by atoms with Crippen molar-refractivity contribution in [3.05, 3.63) is 24.3 Å². The van der Waals surface area contributed by atoms with Crippen molar-refractivity contribution in [3.8, 4) is 11.5 Å². The molecule has 0 saturated carbocycles. The number of aliphatic hydroxyl groups is 1. The second-order valence-corrected chi connectivity index (χ2v) is 4.45. The van der Waals surface area contributed by atoms with Crippen LogP contribution in [-0.4, -0.2) is 18.0 Å². The van der Waals surface area contributed by atoms with E-state index in [0.717, 1.165) is 25.2 Å². The summed E-state index contributed by atoms with van der Waals surface area (Å²) in [5.74, 6) is 2.03. The molecule has 0 unspecified atom stereocenters. The van der Waals surface area contributed by atoms with Crippen molar-refractivity contribution in [1.29, 1.82) is 0 Å². The molecule has 1 aromatic rings. The van der Waals surface area contributed by atoms with Gasteiger partial charge in [0.05, 0.1) is 6.61 Å². The largest absolute Gasteiger partial charge is 0.493 e. The Bertz CT molecular complexity index is 334. The molecule has 0 heterocycles. The maximum Gasteiger partial charge on any atom is 0.197 e. The van der Waals surface area contributed by atoms with E-state index in [9.17, 15) is 5.11 Å². The summed E-state index contributed by atoms with van der Waals surface area (Å²) in [4.78, 5) is 0. The first-order chi connectivity index (χ1) is 8.69. The first-order valence-corrected chi connectivity index (χ1v) is 6.77. The quantitative estimate of drug-likeness (QED) is 0.718. The van der Waals surface area contributed by atoms with Crippen molar-refractivity contribution in [2.45, 2.75) is 46.3 Å². The summed E-state index contributed by atoms with van der Waals surface area (Å²) >= 11 is 0. The van der Waals surface area contributed by atoms with E-state index in [0.29, 0.717) is 18.1 Å². The second-order valence-electron chi connectivity index (χ2n) is 4.45. The molecule has 0 aliphatic carbocycles. The van der Waals surface area contributed by atoms with Crippen LogP contribution in [0.1, 0.15) is 40.0 Å². The van der Waals surface area contributed by atoms with Gasteiger partial charge in [0.1, 0.15) is 11.5 Å². The smallest absolute Gasteiger partial charge is 0.197 e. The molecule has 0 saturated heterocycles. The SMILES string of the molecule is CCC(CC)COc1cccc(O[C@H](O)CC)c1. The molecular formula is C15H24O3. The molecule has 1 rings (SSSR count). The molecule has 1 aromatic carbocycles.